The molecule has 0 bridgehead atoms. The third-order valence-corrected chi connectivity index (χ3v) is 3.42. The molecule has 0 atom stereocenters. The fourth-order valence-electron chi connectivity index (χ4n) is 2.17. The van der Waals surface area contributed by atoms with Gasteiger partial charge in [-0.2, -0.15) is 5.10 Å². The summed E-state index contributed by atoms with van der Waals surface area (Å²) < 4.78 is 18.1. The van der Waals surface area contributed by atoms with Crippen LogP contribution in [0.1, 0.15) is 18.9 Å². The van der Waals surface area contributed by atoms with Gasteiger partial charge in [-0.05, 0) is 42.8 Å². The van der Waals surface area contributed by atoms with Crippen molar-refractivity contribution in [3.8, 4) is 5.75 Å². The van der Waals surface area contributed by atoms with Crippen LogP contribution in [0.4, 0.5) is 10.1 Å². The first kappa shape index (κ1) is 19.1. The fraction of sp³-hybridized carbons (Fsp3) is 0.211. The molecule has 136 valence electrons. The van der Waals surface area contributed by atoms with Crippen molar-refractivity contribution < 1.29 is 18.7 Å². The summed E-state index contributed by atoms with van der Waals surface area (Å²) in [5.74, 6) is -0.354. The SMILES string of the molecule is COc1ccc(CC(=O)N/N=C(\C)CC(=O)Nc2cccc(F)c2)cc1. The summed E-state index contributed by atoms with van der Waals surface area (Å²) in [7, 11) is 1.57. The zero-order chi connectivity index (χ0) is 18.9. The van der Waals surface area contributed by atoms with E-state index in [1.54, 1.807) is 44.4 Å². The molecule has 2 rings (SSSR count). The molecule has 0 aliphatic rings. The maximum absolute atomic E-state index is 13.1. The van der Waals surface area contributed by atoms with Crippen LogP contribution in [-0.4, -0.2) is 24.6 Å². The summed E-state index contributed by atoms with van der Waals surface area (Å²) in [6.45, 7) is 1.62. The van der Waals surface area contributed by atoms with Crippen LogP contribution in [0.3, 0.4) is 0 Å². The molecule has 2 aromatic rings. The van der Waals surface area contributed by atoms with Gasteiger partial charge in [-0.3, -0.25) is 9.59 Å². The second kappa shape index (κ2) is 9.31. The van der Waals surface area contributed by atoms with Gasteiger partial charge < -0.3 is 10.1 Å². The van der Waals surface area contributed by atoms with Crippen molar-refractivity contribution in [2.24, 2.45) is 5.10 Å². The Bertz CT molecular complexity index is 804. The zero-order valence-electron chi connectivity index (χ0n) is 14.6. The Hall–Kier alpha value is -3.22. The quantitative estimate of drug-likeness (QED) is 0.591. The highest BCUT2D eigenvalue weighted by Gasteiger charge is 2.07. The molecule has 6 nitrogen and oxygen atoms in total. The Labute approximate surface area is 151 Å². The largest absolute Gasteiger partial charge is 0.497 e. The number of methoxy groups -OCH3 is 1. The lowest BCUT2D eigenvalue weighted by Crippen LogP contribution is -2.22. The van der Waals surface area contributed by atoms with Crippen LogP contribution in [0.5, 0.6) is 5.75 Å². The molecule has 0 aromatic heterocycles. The van der Waals surface area contributed by atoms with Crippen LogP contribution < -0.4 is 15.5 Å². The van der Waals surface area contributed by atoms with Gasteiger partial charge in [-0.25, -0.2) is 9.82 Å². The lowest BCUT2D eigenvalue weighted by Gasteiger charge is -2.06. The molecule has 26 heavy (non-hydrogen) atoms. The van der Waals surface area contributed by atoms with Crippen molar-refractivity contribution in [3.05, 3.63) is 59.9 Å². The molecular weight excluding hydrogens is 337 g/mol. The average Bonchev–Trinajstić information content (AvgIpc) is 2.60. The number of carbonyl (C=O) groups is 2. The number of carbonyl (C=O) groups excluding carboxylic acids is 2. The van der Waals surface area contributed by atoms with E-state index in [-0.39, 0.29) is 24.7 Å². The highest BCUT2D eigenvalue weighted by Crippen LogP contribution is 2.12. The maximum Gasteiger partial charge on any atom is 0.244 e. The van der Waals surface area contributed by atoms with Crippen LogP contribution in [0, 0.1) is 5.82 Å². The normalized spacial score (nSPS) is 11.0. The van der Waals surface area contributed by atoms with Crippen molar-refractivity contribution in [3.63, 3.8) is 0 Å². The van der Waals surface area contributed by atoms with E-state index in [0.29, 0.717) is 17.1 Å². The standard InChI is InChI=1S/C19H20FN3O3/c1-13(10-18(24)21-16-5-3-4-15(20)12-16)22-23-19(25)11-14-6-8-17(26-2)9-7-14/h3-9,12H,10-11H2,1-2H3,(H,21,24)(H,23,25)/b22-13+. The van der Waals surface area contributed by atoms with Gasteiger partial charge >= 0.3 is 0 Å². The van der Waals surface area contributed by atoms with E-state index in [4.69, 9.17) is 4.74 Å². The van der Waals surface area contributed by atoms with E-state index >= 15 is 0 Å². The summed E-state index contributed by atoms with van der Waals surface area (Å²) in [6, 6.07) is 12.7. The molecule has 0 spiro atoms. The molecule has 2 aromatic carbocycles. The Balaban J connectivity index is 1.80. The van der Waals surface area contributed by atoms with Gasteiger partial charge in [0.2, 0.25) is 11.8 Å². The van der Waals surface area contributed by atoms with Crippen molar-refractivity contribution in [2.45, 2.75) is 19.8 Å². The molecule has 0 saturated carbocycles. The molecule has 0 saturated heterocycles. The monoisotopic (exact) mass is 357 g/mol. The number of benzene rings is 2. The van der Waals surface area contributed by atoms with Crippen LogP contribution in [0.15, 0.2) is 53.6 Å². The third kappa shape index (κ3) is 6.35. The number of nitrogens with one attached hydrogen (secondary N) is 2. The molecule has 0 unspecified atom stereocenters. The summed E-state index contributed by atoms with van der Waals surface area (Å²) in [6.07, 6.45) is 0.148. The van der Waals surface area contributed by atoms with E-state index in [1.165, 1.54) is 18.2 Å². The summed E-state index contributed by atoms with van der Waals surface area (Å²) >= 11 is 0. The van der Waals surface area contributed by atoms with Gasteiger partial charge in [0.15, 0.2) is 0 Å². The first-order valence-corrected chi connectivity index (χ1v) is 7.96. The molecule has 2 amide bonds. The molecule has 0 aliphatic carbocycles. The molecule has 0 aliphatic heterocycles. The van der Waals surface area contributed by atoms with Crippen LogP contribution >= 0.6 is 0 Å². The molecule has 0 fully saturated rings. The highest BCUT2D eigenvalue weighted by atomic mass is 19.1. The van der Waals surface area contributed by atoms with Crippen LogP contribution in [0.25, 0.3) is 0 Å². The number of halogens is 1. The first-order valence-electron chi connectivity index (χ1n) is 7.96. The van der Waals surface area contributed by atoms with Gasteiger partial charge in [0.05, 0.1) is 20.0 Å². The van der Waals surface area contributed by atoms with Gasteiger partial charge in [0.1, 0.15) is 11.6 Å². The third-order valence-electron chi connectivity index (χ3n) is 3.42. The second-order valence-electron chi connectivity index (χ2n) is 5.64. The van der Waals surface area contributed by atoms with E-state index in [2.05, 4.69) is 15.8 Å². The van der Waals surface area contributed by atoms with Gasteiger partial charge in [-0.15, -0.1) is 0 Å². The molecule has 0 heterocycles. The lowest BCUT2D eigenvalue weighted by atomic mass is 10.1. The minimum Gasteiger partial charge on any atom is -0.497 e. The van der Waals surface area contributed by atoms with Crippen molar-refractivity contribution in [1.82, 2.24) is 5.43 Å². The Morgan fingerprint density at radius 2 is 1.85 bits per heavy atom. The maximum atomic E-state index is 13.1. The Morgan fingerprint density at radius 1 is 1.12 bits per heavy atom. The lowest BCUT2D eigenvalue weighted by molar-refractivity contribution is -0.120. The van der Waals surface area contributed by atoms with Crippen LogP contribution in [-0.2, 0) is 16.0 Å². The minimum absolute atomic E-state index is 0.0146. The number of rotatable bonds is 7. The number of anilines is 1. The van der Waals surface area contributed by atoms with Gasteiger partial charge in [-0.1, -0.05) is 18.2 Å². The number of hydrogen-bond donors (Lipinski definition) is 2. The molecule has 2 N–H and O–H groups in total. The average molecular weight is 357 g/mol. The first-order chi connectivity index (χ1) is 12.5. The highest BCUT2D eigenvalue weighted by molar-refractivity contribution is 6.05. The molecular formula is C19H20FN3O3. The van der Waals surface area contributed by atoms with Crippen molar-refractivity contribution >= 4 is 23.2 Å². The Kier molecular flexibility index (Phi) is 6.84. The topological polar surface area (TPSA) is 79.8 Å². The number of hydrazone groups is 1. The van der Waals surface area contributed by atoms with Crippen molar-refractivity contribution in [2.75, 3.05) is 12.4 Å². The summed E-state index contributed by atoms with van der Waals surface area (Å²) in [4.78, 5) is 23.8. The van der Waals surface area contributed by atoms with Gasteiger partial charge in [0.25, 0.3) is 0 Å². The fourth-order valence-corrected chi connectivity index (χ4v) is 2.17. The second-order valence-corrected chi connectivity index (χ2v) is 5.64. The molecule has 7 heteroatoms. The number of nitrogens with zero attached hydrogens (tertiary/aromatic N) is 1. The van der Waals surface area contributed by atoms with E-state index in [0.717, 1.165) is 5.56 Å². The van der Waals surface area contributed by atoms with E-state index in [9.17, 15) is 14.0 Å². The van der Waals surface area contributed by atoms with Gasteiger partial charge in [0, 0.05) is 11.4 Å². The van der Waals surface area contributed by atoms with Crippen LogP contribution in [0.2, 0.25) is 0 Å². The predicted molar refractivity (Wildman–Crippen MR) is 97.6 cm³/mol. The smallest absolute Gasteiger partial charge is 0.244 e. The van der Waals surface area contributed by atoms with E-state index < -0.39 is 5.82 Å². The number of hydrogen-bond acceptors (Lipinski definition) is 4. The Morgan fingerprint density at radius 3 is 2.50 bits per heavy atom. The van der Waals surface area contributed by atoms with E-state index in [1.807, 2.05) is 0 Å². The summed E-state index contributed by atoms with van der Waals surface area (Å²) in [5.41, 5.74) is 4.03. The summed E-state index contributed by atoms with van der Waals surface area (Å²) in [5, 5.41) is 6.48. The minimum atomic E-state index is -0.431. The predicted octanol–water partition coefficient (Wildman–Crippen LogP) is 2.90. The number of amides is 2. The molecule has 0 radical (unpaired) electrons. The number of ether oxygens (including phenoxy) is 1. The van der Waals surface area contributed by atoms with Crippen molar-refractivity contribution in [1.29, 1.82) is 0 Å². The zero-order valence-corrected chi connectivity index (χ0v) is 14.6.